The zero-order valence-corrected chi connectivity index (χ0v) is 9.26. The van der Waals surface area contributed by atoms with Gasteiger partial charge in [0.05, 0.1) is 19.0 Å². The van der Waals surface area contributed by atoms with E-state index in [1.807, 2.05) is 0 Å². The Balaban J connectivity index is 3.05. The lowest BCUT2D eigenvalue weighted by Gasteiger charge is -2.06. The molecular weight excluding hydrogens is 267 g/mol. The van der Waals surface area contributed by atoms with Crippen LogP contribution in [0.15, 0.2) is 21.7 Å². The summed E-state index contributed by atoms with van der Waals surface area (Å²) in [5.41, 5.74) is -0.0611. The lowest BCUT2D eigenvalue weighted by molar-refractivity contribution is 0.391. The van der Waals surface area contributed by atoms with Crippen molar-refractivity contribution in [2.45, 2.75) is 0 Å². The second-order valence-electron chi connectivity index (χ2n) is 2.83. The molecular formula is C9H6BrFN2O2. The van der Waals surface area contributed by atoms with E-state index in [0.717, 1.165) is 0 Å². The molecule has 1 aromatic heterocycles. The molecule has 0 atom stereocenters. The molecule has 0 aliphatic carbocycles. The topological polar surface area (TPSA) is 55.0 Å². The third-order valence-corrected chi connectivity index (χ3v) is 2.59. The van der Waals surface area contributed by atoms with E-state index >= 15 is 0 Å². The number of H-pyrrole nitrogens is 1. The first kappa shape index (κ1) is 10.1. The Morgan fingerprint density at radius 1 is 1.60 bits per heavy atom. The zero-order chi connectivity index (χ0) is 11.0. The lowest BCUT2D eigenvalue weighted by Crippen LogP contribution is -2.09. The number of nitrogens with zero attached hydrogens (tertiary/aromatic N) is 1. The SMILES string of the molecule is COc1c(F)cc(Br)c2nc[nH]c(=O)c12. The number of methoxy groups -OCH3 is 1. The average molecular weight is 273 g/mol. The maximum atomic E-state index is 13.4. The molecule has 4 nitrogen and oxygen atoms in total. The minimum Gasteiger partial charge on any atom is -0.493 e. The largest absolute Gasteiger partial charge is 0.493 e. The van der Waals surface area contributed by atoms with Crippen LogP contribution in [0.4, 0.5) is 4.39 Å². The summed E-state index contributed by atoms with van der Waals surface area (Å²) < 4.78 is 18.7. The van der Waals surface area contributed by atoms with E-state index in [1.165, 1.54) is 19.5 Å². The number of halogens is 2. The van der Waals surface area contributed by atoms with Crippen LogP contribution in [-0.4, -0.2) is 17.1 Å². The van der Waals surface area contributed by atoms with Crippen LogP contribution < -0.4 is 10.3 Å². The van der Waals surface area contributed by atoms with Crippen molar-refractivity contribution in [1.29, 1.82) is 0 Å². The standard InChI is InChI=1S/C9H6BrFN2O2/c1-15-8-5(11)2-4(10)7-6(8)9(14)13-3-12-7/h2-3H,1H3,(H,12,13,14). The van der Waals surface area contributed by atoms with E-state index in [9.17, 15) is 9.18 Å². The van der Waals surface area contributed by atoms with Crippen molar-refractivity contribution in [2.75, 3.05) is 7.11 Å². The van der Waals surface area contributed by atoms with Crippen LogP contribution in [-0.2, 0) is 0 Å². The number of aromatic amines is 1. The Kier molecular flexibility index (Phi) is 2.44. The second kappa shape index (κ2) is 3.62. The Labute approximate surface area is 92.2 Å². The number of rotatable bonds is 1. The van der Waals surface area contributed by atoms with Gasteiger partial charge < -0.3 is 9.72 Å². The Bertz CT molecular complexity index is 582. The monoisotopic (exact) mass is 272 g/mol. The fraction of sp³-hybridized carbons (Fsp3) is 0.111. The molecule has 0 aliphatic rings. The number of fused-ring (bicyclic) bond motifs is 1. The van der Waals surface area contributed by atoms with Crippen LogP contribution in [0.25, 0.3) is 10.9 Å². The van der Waals surface area contributed by atoms with Gasteiger partial charge in [-0.15, -0.1) is 0 Å². The van der Waals surface area contributed by atoms with E-state index in [1.54, 1.807) is 0 Å². The Hall–Kier alpha value is -1.43. The summed E-state index contributed by atoms with van der Waals surface area (Å²) in [4.78, 5) is 17.8. The molecule has 0 saturated carbocycles. The van der Waals surface area contributed by atoms with Crippen LogP contribution >= 0.6 is 15.9 Å². The normalized spacial score (nSPS) is 10.6. The molecule has 2 rings (SSSR count). The summed E-state index contributed by atoms with van der Waals surface area (Å²) in [5.74, 6) is -0.696. The highest BCUT2D eigenvalue weighted by Crippen LogP contribution is 2.30. The summed E-state index contributed by atoms with van der Waals surface area (Å²) in [5, 5.41) is 0.104. The maximum absolute atomic E-state index is 13.4. The number of aromatic nitrogens is 2. The number of nitrogens with one attached hydrogen (secondary N) is 1. The van der Waals surface area contributed by atoms with Crippen molar-refractivity contribution in [3.05, 3.63) is 33.0 Å². The van der Waals surface area contributed by atoms with Crippen molar-refractivity contribution in [2.24, 2.45) is 0 Å². The first-order valence-corrected chi connectivity index (χ1v) is 4.84. The van der Waals surface area contributed by atoms with Gasteiger partial charge in [-0.2, -0.15) is 0 Å². The molecule has 1 N–H and O–H groups in total. The van der Waals surface area contributed by atoms with Gasteiger partial charge in [0.1, 0.15) is 5.39 Å². The molecule has 78 valence electrons. The lowest BCUT2D eigenvalue weighted by atomic mass is 10.2. The van der Waals surface area contributed by atoms with Gasteiger partial charge in [-0.1, -0.05) is 0 Å². The zero-order valence-electron chi connectivity index (χ0n) is 7.67. The Morgan fingerprint density at radius 2 is 2.33 bits per heavy atom. The predicted molar refractivity (Wildman–Crippen MR) is 56.6 cm³/mol. The van der Waals surface area contributed by atoms with Gasteiger partial charge in [-0.25, -0.2) is 9.37 Å². The molecule has 0 saturated heterocycles. The molecule has 0 bridgehead atoms. The van der Waals surface area contributed by atoms with Gasteiger partial charge >= 0.3 is 0 Å². The van der Waals surface area contributed by atoms with Gasteiger partial charge in [0.15, 0.2) is 11.6 Å². The summed E-state index contributed by atoms with van der Waals surface area (Å²) in [7, 11) is 1.30. The van der Waals surface area contributed by atoms with Crippen molar-refractivity contribution in [3.63, 3.8) is 0 Å². The molecule has 0 amide bonds. The van der Waals surface area contributed by atoms with Crippen LogP contribution in [0, 0.1) is 5.82 Å². The van der Waals surface area contributed by atoms with Gasteiger partial charge in [0.2, 0.25) is 0 Å². The van der Waals surface area contributed by atoms with E-state index < -0.39 is 11.4 Å². The van der Waals surface area contributed by atoms with Crippen LogP contribution in [0.2, 0.25) is 0 Å². The smallest absolute Gasteiger partial charge is 0.262 e. The van der Waals surface area contributed by atoms with Gasteiger partial charge in [-0.05, 0) is 22.0 Å². The molecule has 0 spiro atoms. The van der Waals surface area contributed by atoms with Crippen molar-refractivity contribution >= 4 is 26.8 Å². The third kappa shape index (κ3) is 1.50. The van der Waals surface area contributed by atoms with E-state index in [0.29, 0.717) is 9.99 Å². The predicted octanol–water partition coefficient (Wildman–Crippen LogP) is 1.83. The first-order valence-electron chi connectivity index (χ1n) is 4.04. The average Bonchev–Trinajstić information content (AvgIpc) is 2.20. The van der Waals surface area contributed by atoms with Gasteiger partial charge in [0, 0.05) is 4.47 Å². The van der Waals surface area contributed by atoms with Crippen molar-refractivity contribution < 1.29 is 9.13 Å². The molecule has 2 aromatic rings. The quantitative estimate of drug-likeness (QED) is 0.862. The van der Waals surface area contributed by atoms with Gasteiger partial charge in [0.25, 0.3) is 5.56 Å². The minimum atomic E-state index is -0.602. The minimum absolute atomic E-state index is 0.0949. The Morgan fingerprint density at radius 3 is 3.00 bits per heavy atom. The first-order chi connectivity index (χ1) is 7.15. The van der Waals surface area contributed by atoms with E-state index in [4.69, 9.17) is 4.74 Å². The summed E-state index contributed by atoms with van der Waals surface area (Å²) in [6.07, 6.45) is 1.26. The number of hydrogen-bond donors (Lipinski definition) is 1. The van der Waals surface area contributed by atoms with Crippen LogP contribution in [0.5, 0.6) is 5.75 Å². The van der Waals surface area contributed by atoms with Crippen molar-refractivity contribution in [1.82, 2.24) is 9.97 Å². The number of hydrogen-bond acceptors (Lipinski definition) is 3. The highest BCUT2D eigenvalue weighted by molar-refractivity contribution is 9.10. The molecule has 6 heteroatoms. The highest BCUT2D eigenvalue weighted by atomic mass is 79.9. The van der Waals surface area contributed by atoms with Crippen molar-refractivity contribution in [3.8, 4) is 5.75 Å². The molecule has 0 aliphatic heterocycles. The highest BCUT2D eigenvalue weighted by Gasteiger charge is 2.15. The third-order valence-electron chi connectivity index (χ3n) is 1.98. The molecule has 1 aromatic carbocycles. The summed E-state index contributed by atoms with van der Waals surface area (Å²) in [6.45, 7) is 0. The molecule has 0 radical (unpaired) electrons. The molecule has 1 heterocycles. The molecule has 15 heavy (non-hydrogen) atoms. The number of benzene rings is 1. The molecule has 0 fully saturated rings. The second-order valence-corrected chi connectivity index (χ2v) is 3.68. The van der Waals surface area contributed by atoms with E-state index in [-0.39, 0.29) is 11.1 Å². The van der Waals surface area contributed by atoms with Gasteiger partial charge in [-0.3, -0.25) is 4.79 Å². The fourth-order valence-electron chi connectivity index (χ4n) is 1.36. The number of ether oxygens (including phenoxy) is 1. The van der Waals surface area contributed by atoms with Crippen LogP contribution in [0.3, 0.4) is 0 Å². The van der Waals surface area contributed by atoms with Crippen LogP contribution in [0.1, 0.15) is 0 Å². The summed E-state index contributed by atoms with van der Waals surface area (Å²) >= 11 is 3.13. The fourth-order valence-corrected chi connectivity index (χ4v) is 1.86. The maximum Gasteiger partial charge on any atom is 0.262 e. The molecule has 0 unspecified atom stereocenters. The summed E-state index contributed by atoms with van der Waals surface area (Å²) in [6, 6.07) is 1.22. The van der Waals surface area contributed by atoms with E-state index in [2.05, 4.69) is 25.9 Å².